The number of rotatable bonds is 6. The van der Waals surface area contributed by atoms with Crippen molar-refractivity contribution in [1.82, 2.24) is 29.9 Å². The first-order valence-corrected chi connectivity index (χ1v) is 9.65. The number of aromatic nitrogens is 5. The molecule has 0 saturated carbocycles. The van der Waals surface area contributed by atoms with Gasteiger partial charge in [-0.25, -0.2) is 9.67 Å². The first kappa shape index (κ1) is 18.8. The lowest BCUT2D eigenvalue weighted by molar-refractivity contribution is -0.121. The number of nitrogens with zero attached hydrogens (tertiary/aromatic N) is 5. The van der Waals surface area contributed by atoms with Gasteiger partial charge in [-0.1, -0.05) is 41.6 Å². The van der Waals surface area contributed by atoms with Crippen molar-refractivity contribution in [2.45, 2.75) is 19.6 Å². The molecule has 0 radical (unpaired) electrons. The van der Waals surface area contributed by atoms with Crippen LogP contribution in [0.25, 0.3) is 11.2 Å². The van der Waals surface area contributed by atoms with Crippen molar-refractivity contribution in [3.63, 3.8) is 0 Å². The zero-order chi connectivity index (χ0) is 21.2. The van der Waals surface area contributed by atoms with E-state index in [2.05, 4.69) is 20.6 Å². The lowest BCUT2D eigenvalue weighted by Gasteiger charge is -2.08. The fraction of sp³-hybridized carbons (Fsp3) is 0.190. The summed E-state index contributed by atoms with van der Waals surface area (Å²) in [6.07, 6.45) is 1.34. The van der Waals surface area contributed by atoms with Gasteiger partial charge in [0.1, 0.15) is 12.9 Å². The van der Waals surface area contributed by atoms with Crippen LogP contribution in [0, 0.1) is 0 Å². The van der Waals surface area contributed by atoms with Gasteiger partial charge in [-0.2, -0.15) is 0 Å². The van der Waals surface area contributed by atoms with Crippen molar-refractivity contribution < 1.29 is 14.3 Å². The van der Waals surface area contributed by atoms with Gasteiger partial charge >= 0.3 is 0 Å². The number of amides is 1. The van der Waals surface area contributed by atoms with Crippen LogP contribution >= 0.6 is 0 Å². The van der Waals surface area contributed by atoms with Gasteiger partial charge in [0.25, 0.3) is 5.56 Å². The van der Waals surface area contributed by atoms with Crippen LogP contribution in [-0.4, -0.2) is 37.2 Å². The highest BCUT2D eigenvalue weighted by atomic mass is 16.7. The number of hydrogen-bond donors (Lipinski definition) is 1. The summed E-state index contributed by atoms with van der Waals surface area (Å²) < 4.78 is 13.4. The average Bonchev–Trinajstić information content (AvgIpc) is 3.42. The molecule has 2 aromatic carbocycles. The summed E-state index contributed by atoms with van der Waals surface area (Å²) in [5, 5.41) is 10.8. The fourth-order valence-electron chi connectivity index (χ4n) is 3.32. The molecule has 0 atom stereocenters. The molecule has 1 amide bonds. The lowest BCUT2D eigenvalue weighted by Crippen LogP contribution is -2.32. The molecule has 0 fully saturated rings. The Morgan fingerprint density at radius 1 is 1.06 bits per heavy atom. The van der Waals surface area contributed by atoms with Crippen molar-refractivity contribution in [2.24, 2.45) is 0 Å². The summed E-state index contributed by atoms with van der Waals surface area (Å²) in [6.45, 7) is 0.772. The molecule has 5 rings (SSSR count). The van der Waals surface area contributed by atoms with E-state index in [0.717, 1.165) is 11.1 Å². The number of fused-ring (bicyclic) bond motifs is 2. The summed E-state index contributed by atoms with van der Waals surface area (Å²) in [5.74, 6) is 1.01. The zero-order valence-corrected chi connectivity index (χ0v) is 16.4. The quantitative estimate of drug-likeness (QED) is 0.498. The van der Waals surface area contributed by atoms with Gasteiger partial charge in [0.2, 0.25) is 12.7 Å². The SMILES string of the molecule is O=C(Cn1cnc2c(nnn2Cc2ccccc2)c1=O)NCc1ccc2c(c1)OCO2. The Balaban J connectivity index is 1.27. The maximum Gasteiger partial charge on any atom is 0.283 e. The standard InChI is InChI=1S/C21H18N6O4/c28-18(22-9-15-6-7-16-17(8-15)31-13-30-16)11-26-12-23-20-19(21(26)29)24-25-27(20)10-14-4-2-1-3-5-14/h1-8,12H,9-11,13H2,(H,22,28). The molecule has 2 aromatic heterocycles. The number of benzene rings is 2. The largest absolute Gasteiger partial charge is 0.454 e. The Morgan fingerprint density at radius 3 is 2.77 bits per heavy atom. The highest BCUT2D eigenvalue weighted by Crippen LogP contribution is 2.32. The summed E-state index contributed by atoms with van der Waals surface area (Å²) >= 11 is 0. The van der Waals surface area contributed by atoms with Gasteiger partial charge in [0.15, 0.2) is 22.7 Å². The first-order chi connectivity index (χ1) is 15.2. The van der Waals surface area contributed by atoms with Crippen molar-refractivity contribution in [1.29, 1.82) is 0 Å². The van der Waals surface area contributed by atoms with Crippen LogP contribution in [0.1, 0.15) is 11.1 Å². The number of carbonyl (C=O) groups excluding carboxylic acids is 1. The summed E-state index contributed by atoms with van der Waals surface area (Å²) in [7, 11) is 0. The minimum Gasteiger partial charge on any atom is -0.454 e. The smallest absolute Gasteiger partial charge is 0.283 e. The second kappa shape index (κ2) is 7.90. The summed E-state index contributed by atoms with van der Waals surface area (Å²) in [4.78, 5) is 29.4. The molecule has 1 N–H and O–H groups in total. The van der Waals surface area contributed by atoms with Crippen LogP contribution in [0.4, 0.5) is 0 Å². The minimum absolute atomic E-state index is 0.127. The predicted molar refractivity (Wildman–Crippen MR) is 110 cm³/mol. The van der Waals surface area contributed by atoms with Crippen molar-refractivity contribution in [2.75, 3.05) is 6.79 Å². The van der Waals surface area contributed by atoms with Gasteiger partial charge in [0, 0.05) is 6.54 Å². The molecule has 31 heavy (non-hydrogen) atoms. The van der Waals surface area contributed by atoms with E-state index in [9.17, 15) is 9.59 Å². The monoisotopic (exact) mass is 418 g/mol. The van der Waals surface area contributed by atoms with Gasteiger partial charge < -0.3 is 14.8 Å². The van der Waals surface area contributed by atoms with E-state index < -0.39 is 5.56 Å². The van der Waals surface area contributed by atoms with Crippen LogP contribution in [-0.2, 0) is 24.4 Å². The fourth-order valence-corrected chi connectivity index (χ4v) is 3.32. The van der Waals surface area contributed by atoms with E-state index in [1.165, 1.54) is 10.9 Å². The van der Waals surface area contributed by atoms with Gasteiger partial charge in [-0.05, 0) is 23.3 Å². The van der Waals surface area contributed by atoms with Crippen molar-refractivity contribution in [3.8, 4) is 11.5 Å². The molecular weight excluding hydrogens is 400 g/mol. The number of nitrogens with one attached hydrogen (secondary N) is 1. The third kappa shape index (κ3) is 3.82. The van der Waals surface area contributed by atoms with Gasteiger partial charge in [-0.15, -0.1) is 5.10 Å². The van der Waals surface area contributed by atoms with Crippen molar-refractivity contribution >= 4 is 17.1 Å². The van der Waals surface area contributed by atoms with Crippen LogP contribution in [0.3, 0.4) is 0 Å². The van der Waals surface area contributed by atoms with Crippen molar-refractivity contribution in [3.05, 3.63) is 76.3 Å². The number of ether oxygens (including phenoxy) is 2. The molecule has 156 valence electrons. The molecule has 0 saturated heterocycles. The zero-order valence-electron chi connectivity index (χ0n) is 16.4. The molecule has 0 bridgehead atoms. The summed E-state index contributed by atoms with van der Waals surface area (Å²) in [6, 6.07) is 15.2. The van der Waals surface area contributed by atoms with Crippen LogP contribution in [0.15, 0.2) is 59.7 Å². The highest BCUT2D eigenvalue weighted by molar-refractivity contribution is 5.76. The summed E-state index contributed by atoms with van der Waals surface area (Å²) in [5.41, 5.74) is 1.97. The van der Waals surface area contributed by atoms with E-state index in [4.69, 9.17) is 9.47 Å². The van der Waals surface area contributed by atoms with E-state index in [1.807, 2.05) is 42.5 Å². The van der Waals surface area contributed by atoms with Gasteiger partial charge in [-0.3, -0.25) is 14.2 Å². The molecular formula is C21H18N6O4. The maximum atomic E-state index is 12.7. The lowest BCUT2D eigenvalue weighted by atomic mass is 10.2. The Morgan fingerprint density at radius 2 is 1.90 bits per heavy atom. The molecule has 10 nitrogen and oxygen atoms in total. The van der Waals surface area contributed by atoms with Gasteiger partial charge in [0.05, 0.1) is 6.54 Å². The second-order valence-electron chi connectivity index (χ2n) is 7.05. The molecule has 1 aliphatic rings. The Kier molecular flexibility index (Phi) is 4.79. The van der Waals surface area contributed by atoms with E-state index in [0.29, 0.717) is 30.2 Å². The van der Waals surface area contributed by atoms with Crippen LogP contribution < -0.4 is 20.3 Å². The minimum atomic E-state index is -0.414. The van der Waals surface area contributed by atoms with Crippen LogP contribution in [0.5, 0.6) is 11.5 Å². The molecule has 10 heteroatoms. The van der Waals surface area contributed by atoms with E-state index in [-0.39, 0.29) is 24.8 Å². The Bertz CT molecular complexity index is 1310. The molecule has 0 spiro atoms. The van der Waals surface area contributed by atoms with E-state index in [1.54, 1.807) is 10.7 Å². The average molecular weight is 418 g/mol. The Labute approximate surface area is 176 Å². The third-order valence-corrected chi connectivity index (χ3v) is 4.91. The topological polar surface area (TPSA) is 113 Å². The number of carbonyl (C=O) groups is 1. The Hall–Kier alpha value is -4.21. The molecule has 0 aliphatic carbocycles. The third-order valence-electron chi connectivity index (χ3n) is 4.91. The highest BCUT2D eigenvalue weighted by Gasteiger charge is 2.15. The predicted octanol–water partition coefficient (Wildman–Crippen LogP) is 1.08. The maximum absolute atomic E-state index is 12.7. The molecule has 1 aliphatic heterocycles. The normalized spacial score (nSPS) is 12.3. The first-order valence-electron chi connectivity index (χ1n) is 9.65. The molecule has 3 heterocycles. The van der Waals surface area contributed by atoms with Crippen LogP contribution in [0.2, 0.25) is 0 Å². The van der Waals surface area contributed by atoms with E-state index >= 15 is 0 Å². The molecule has 0 unspecified atom stereocenters. The molecule has 4 aromatic rings. The number of hydrogen-bond acceptors (Lipinski definition) is 7. The second-order valence-corrected chi connectivity index (χ2v) is 7.05.